The van der Waals surface area contributed by atoms with Gasteiger partial charge in [-0.1, -0.05) is 22.0 Å². The number of aryl methyl sites for hydroxylation is 1. The van der Waals surface area contributed by atoms with Crippen molar-refractivity contribution in [2.75, 3.05) is 37.7 Å². The van der Waals surface area contributed by atoms with Gasteiger partial charge in [0.25, 0.3) is 0 Å². The molecule has 0 bridgehead atoms. The lowest BCUT2D eigenvalue weighted by Gasteiger charge is -2.37. The molecule has 3 heterocycles. The van der Waals surface area contributed by atoms with Crippen molar-refractivity contribution in [3.05, 3.63) is 34.9 Å². The summed E-state index contributed by atoms with van der Waals surface area (Å²) >= 11 is 3.50. The molecule has 146 valence electrons. The lowest BCUT2D eigenvalue weighted by molar-refractivity contribution is -0.133. The molecule has 2 aliphatic heterocycles. The molecule has 1 aromatic carbocycles. The van der Waals surface area contributed by atoms with E-state index >= 15 is 0 Å². The van der Waals surface area contributed by atoms with E-state index in [9.17, 15) is 13.2 Å². The van der Waals surface area contributed by atoms with E-state index in [0.29, 0.717) is 31.8 Å². The number of rotatable bonds is 4. The van der Waals surface area contributed by atoms with E-state index in [1.54, 1.807) is 0 Å². The van der Waals surface area contributed by atoms with E-state index in [1.165, 1.54) is 5.39 Å². The second-order valence-electron chi connectivity index (χ2n) is 7.44. The molecule has 2 aliphatic rings. The molecule has 1 aromatic heterocycles. The Morgan fingerprint density at radius 1 is 1.15 bits per heavy atom. The number of carbonyl (C=O) groups is 1. The van der Waals surface area contributed by atoms with Crippen LogP contribution in [0.4, 0.5) is 0 Å². The predicted octanol–water partition coefficient (Wildman–Crippen LogP) is 2.13. The topological polar surface area (TPSA) is 62.6 Å². The zero-order valence-corrected chi connectivity index (χ0v) is 17.6. The van der Waals surface area contributed by atoms with Crippen LogP contribution in [0.15, 0.2) is 34.9 Å². The zero-order valence-electron chi connectivity index (χ0n) is 15.2. The van der Waals surface area contributed by atoms with Crippen LogP contribution >= 0.6 is 15.9 Å². The van der Waals surface area contributed by atoms with Crippen molar-refractivity contribution in [2.45, 2.75) is 25.4 Å². The summed E-state index contributed by atoms with van der Waals surface area (Å²) in [6.07, 6.45) is 3.24. The molecule has 1 amide bonds. The van der Waals surface area contributed by atoms with Crippen molar-refractivity contribution < 1.29 is 13.2 Å². The van der Waals surface area contributed by atoms with E-state index < -0.39 is 9.84 Å². The summed E-state index contributed by atoms with van der Waals surface area (Å²) in [5, 5.41) is 1.17. The maximum Gasteiger partial charge on any atom is 0.224 e. The third kappa shape index (κ3) is 4.22. The fourth-order valence-electron chi connectivity index (χ4n) is 4.13. The first-order chi connectivity index (χ1) is 12.9. The number of halogens is 1. The van der Waals surface area contributed by atoms with Crippen LogP contribution < -0.4 is 0 Å². The molecule has 8 heteroatoms. The highest BCUT2D eigenvalue weighted by molar-refractivity contribution is 9.10. The molecular formula is C19H24BrN3O3S. The minimum Gasteiger partial charge on any atom is -0.347 e. The second kappa shape index (κ2) is 7.56. The largest absolute Gasteiger partial charge is 0.347 e. The van der Waals surface area contributed by atoms with Crippen LogP contribution in [0.25, 0.3) is 10.9 Å². The minimum absolute atomic E-state index is 0.136. The molecule has 1 atom stereocenters. The Kier molecular flexibility index (Phi) is 5.31. The van der Waals surface area contributed by atoms with Crippen LogP contribution in [0.5, 0.6) is 0 Å². The van der Waals surface area contributed by atoms with Gasteiger partial charge in [-0.25, -0.2) is 8.42 Å². The summed E-state index contributed by atoms with van der Waals surface area (Å²) in [5.41, 5.74) is 1.13. The van der Waals surface area contributed by atoms with Gasteiger partial charge in [0.2, 0.25) is 5.91 Å². The van der Waals surface area contributed by atoms with E-state index in [1.807, 2.05) is 17.2 Å². The predicted molar refractivity (Wildman–Crippen MR) is 109 cm³/mol. The maximum atomic E-state index is 12.6. The smallest absolute Gasteiger partial charge is 0.224 e. The molecule has 27 heavy (non-hydrogen) atoms. The molecule has 0 spiro atoms. The van der Waals surface area contributed by atoms with Crippen LogP contribution in [0, 0.1) is 0 Å². The SMILES string of the molecule is O=C(CCn1ccc2ccc(Br)cc21)N1CCN([C@H]2CCS(=O)(=O)C2)CC1. The van der Waals surface area contributed by atoms with Crippen molar-refractivity contribution in [3.63, 3.8) is 0 Å². The number of sulfone groups is 1. The van der Waals surface area contributed by atoms with E-state index in [-0.39, 0.29) is 17.7 Å². The number of carbonyl (C=O) groups excluding carboxylic acids is 1. The first-order valence-electron chi connectivity index (χ1n) is 9.38. The third-order valence-electron chi connectivity index (χ3n) is 5.69. The summed E-state index contributed by atoms with van der Waals surface area (Å²) in [4.78, 5) is 16.8. The van der Waals surface area contributed by atoms with E-state index in [2.05, 4.69) is 43.6 Å². The molecule has 2 fully saturated rings. The van der Waals surface area contributed by atoms with E-state index in [4.69, 9.17) is 0 Å². The Morgan fingerprint density at radius 3 is 2.63 bits per heavy atom. The van der Waals surface area contributed by atoms with Gasteiger partial charge in [-0.3, -0.25) is 9.69 Å². The summed E-state index contributed by atoms with van der Waals surface area (Å²) in [5.74, 6) is 0.750. The molecule has 0 radical (unpaired) electrons. The van der Waals surface area contributed by atoms with Gasteiger partial charge in [-0.15, -0.1) is 0 Å². The number of fused-ring (bicyclic) bond motifs is 1. The van der Waals surface area contributed by atoms with Gasteiger partial charge >= 0.3 is 0 Å². The summed E-state index contributed by atoms with van der Waals surface area (Å²) < 4.78 is 26.5. The van der Waals surface area contributed by atoms with Crippen molar-refractivity contribution in [3.8, 4) is 0 Å². The average molecular weight is 454 g/mol. The molecule has 2 saturated heterocycles. The summed E-state index contributed by atoms with van der Waals surface area (Å²) in [6.45, 7) is 3.58. The van der Waals surface area contributed by atoms with E-state index in [0.717, 1.165) is 29.5 Å². The fourth-order valence-corrected chi connectivity index (χ4v) is 6.24. The summed E-state index contributed by atoms with van der Waals surface area (Å²) in [7, 11) is -2.86. The highest BCUT2D eigenvalue weighted by Crippen LogP contribution is 2.22. The van der Waals surface area contributed by atoms with Gasteiger partial charge in [0.15, 0.2) is 9.84 Å². The number of aromatic nitrogens is 1. The Hall–Kier alpha value is -1.38. The van der Waals surface area contributed by atoms with Gasteiger partial charge in [0.05, 0.1) is 11.5 Å². The quantitative estimate of drug-likeness (QED) is 0.710. The Labute approximate surface area is 168 Å². The highest BCUT2D eigenvalue weighted by atomic mass is 79.9. The minimum atomic E-state index is -2.86. The molecule has 0 unspecified atom stereocenters. The lowest BCUT2D eigenvalue weighted by Crippen LogP contribution is -2.52. The molecule has 0 aliphatic carbocycles. The molecular weight excluding hydrogens is 430 g/mol. The monoisotopic (exact) mass is 453 g/mol. The standard InChI is InChI=1S/C19H24BrN3O3S/c20-16-2-1-15-3-6-22(18(15)13-16)7-4-19(24)23-10-8-21(9-11-23)17-5-12-27(25,26)14-17/h1-3,6,13,17H,4-5,7-12,14H2/t17-/m0/s1. The number of hydrogen-bond acceptors (Lipinski definition) is 4. The second-order valence-corrected chi connectivity index (χ2v) is 10.6. The molecule has 4 rings (SSSR count). The Morgan fingerprint density at radius 2 is 1.93 bits per heavy atom. The first kappa shape index (κ1) is 19.0. The molecule has 0 N–H and O–H groups in total. The van der Waals surface area contributed by atoms with Crippen molar-refractivity contribution in [2.24, 2.45) is 0 Å². The van der Waals surface area contributed by atoms with Crippen molar-refractivity contribution >= 4 is 42.6 Å². The zero-order chi connectivity index (χ0) is 19.0. The van der Waals surface area contributed by atoms with Crippen LogP contribution in [0.1, 0.15) is 12.8 Å². The third-order valence-corrected chi connectivity index (χ3v) is 7.94. The maximum absolute atomic E-state index is 12.6. The number of hydrogen-bond donors (Lipinski definition) is 0. The normalized spacial score (nSPS) is 23.1. The number of nitrogens with zero attached hydrogens (tertiary/aromatic N) is 3. The number of benzene rings is 1. The number of amides is 1. The average Bonchev–Trinajstić information content (AvgIpc) is 3.22. The van der Waals surface area contributed by atoms with Crippen molar-refractivity contribution in [1.29, 1.82) is 0 Å². The van der Waals surface area contributed by atoms with Crippen LogP contribution in [0.3, 0.4) is 0 Å². The van der Waals surface area contributed by atoms with Crippen molar-refractivity contribution in [1.82, 2.24) is 14.4 Å². The molecule has 6 nitrogen and oxygen atoms in total. The fraction of sp³-hybridized carbons (Fsp3) is 0.526. The van der Waals surface area contributed by atoms with Crippen LogP contribution in [-0.4, -0.2) is 72.4 Å². The van der Waals surface area contributed by atoms with Gasteiger partial charge in [0.1, 0.15) is 0 Å². The first-order valence-corrected chi connectivity index (χ1v) is 12.0. The van der Waals surface area contributed by atoms with Crippen LogP contribution in [0.2, 0.25) is 0 Å². The van der Waals surface area contributed by atoms with Gasteiger partial charge in [-0.05, 0) is 30.0 Å². The van der Waals surface area contributed by atoms with Gasteiger partial charge in [0, 0.05) is 61.4 Å². The lowest BCUT2D eigenvalue weighted by atomic mass is 10.2. The molecule has 2 aromatic rings. The van der Waals surface area contributed by atoms with Gasteiger partial charge < -0.3 is 9.47 Å². The Bertz CT molecular complexity index is 948. The number of piperazine rings is 1. The van der Waals surface area contributed by atoms with Gasteiger partial charge in [-0.2, -0.15) is 0 Å². The Balaban J connectivity index is 1.30. The summed E-state index contributed by atoms with van der Waals surface area (Å²) in [6, 6.07) is 8.37. The highest BCUT2D eigenvalue weighted by Gasteiger charge is 2.34. The van der Waals surface area contributed by atoms with Crippen LogP contribution in [-0.2, 0) is 21.2 Å². The molecule has 0 saturated carbocycles.